The third-order valence-corrected chi connectivity index (χ3v) is 19.1. The average molecular weight is 1310 g/mol. The summed E-state index contributed by atoms with van der Waals surface area (Å²) < 4.78 is 17.3. The summed E-state index contributed by atoms with van der Waals surface area (Å²) in [5.74, 6) is -8.70. The van der Waals surface area contributed by atoms with E-state index in [1.807, 2.05) is 65.1 Å². The van der Waals surface area contributed by atoms with Gasteiger partial charge in [-0.25, -0.2) is 9.78 Å². The SMILES string of the molecule is CC[C@H](C)[C@H](NC(=O)[C@H]1CCCC[N+]1(C)Cc1ccc(OC2O[C@H](C(=O)O)[C@@H](O)[C@H](O)[C@H]2O)c(NC(=O)CCNC(=O)[C@H](CN)N2C(=O)CC(SC)C2=O)c1)C(=O)N(C)[C@H](C[C@@H](OC(C)=O)c1nc(C(=O)N[C@@H](Cc2ccccc2)C[C@H](C)C(=O)O)cs1)C(C)C. The van der Waals surface area contributed by atoms with Crippen LogP contribution in [0.5, 0.6) is 5.75 Å². The first-order valence-electron chi connectivity index (χ1n) is 30.5. The maximum Gasteiger partial charge on any atom is 0.335 e. The number of benzene rings is 2. The van der Waals surface area contributed by atoms with Crippen molar-refractivity contribution in [1.82, 2.24) is 30.7 Å². The molecule has 0 aliphatic carbocycles. The maximum absolute atomic E-state index is 15.0. The van der Waals surface area contributed by atoms with Crippen molar-refractivity contribution in [2.45, 2.75) is 178 Å². The summed E-state index contributed by atoms with van der Waals surface area (Å²) in [6.07, 6.45) is -6.77. The predicted octanol–water partition coefficient (Wildman–Crippen LogP) is 2.34. The lowest BCUT2D eigenvalue weighted by molar-refractivity contribution is -0.942. The van der Waals surface area contributed by atoms with Gasteiger partial charge in [-0.15, -0.1) is 11.3 Å². The molecule has 91 heavy (non-hydrogen) atoms. The molecule has 29 heteroatoms. The Labute approximate surface area is 537 Å². The molecule has 3 saturated heterocycles. The van der Waals surface area contributed by atoms with Crippen molar-refractivity contribution in [1.29, 1.82) is 0 Å². The maximum atomic E-state index is 15.0. The largest absolute Gasteiger partial charge is 0.481 e. The van der Waals surface area contributed by atoms with Crippen LogP contribution in [-0.4, -0.2) is 210 Å². The van der Waals surface area contributed by atoms with Crippen LogP contribution in [-0.2, 0) is 65.6 Å². The second-order valence-electron chi connectivity index (χ2n) is 24.3. The van der Waals surface area contributed by atoms with Crippen LogP contribution in [0.4, 0.5) is 5.69 Å². The van der Waals surface area contributed by atoms with E-state index >= 15 is 4.79 Å². The van der Waals surface area contributed by atoms with Gasteiger partial charge in [-0.1, -0.05) is 71.4 Å². The Morgan fingerprint density at radius 2 is 1.65 bits per heavy atom. The number of nitrogens with two attached hydrogens (primary N) is 1. The number of aliphatic hydroxyl groups is 3. The number of esters is 1. The number of carboxylic acid groups (broad SMARTS) is 2. The number of ether oxygens (including phenoxy) is 3. The van der Waals surface area contributed by atoms with Gasteiger partial charge in [0.15, 0.2) is 18.2 Å². The van der Waals surface area contributed by atoms with Gasteiger partial charge in [0.25, 0.3) is 11.8 Å². The Hall–Kier alpha value is -7.12. The number of imide groups is 1. The second-order valence-corrected chi connectivity index (χ2v) is 26.2. The van der Waals surface area contributed by atoms with Gasteiger partial charge in [0.2, 0.25) is 35.8 Å². The van der Waals surface area contributed by atoms with Crippen LogP contribution in [0.15, 0.2) is 53.9 Å². The van der Waals surface area contributed by atoms with E-state index in [0.29, 0.717) is 42.8 Å². The number of anilines is 1. The molecule has 27 nitrogen and oxygen atoms in total. The molecule has 6 rings (SSSR count). The van der Waals surface area contributed by atoms with Crippen LogP contribution < -0.4 is 31.7 Å². The van der Waals surface area contributed by atoms with Crippen LogP contribution in [0.3, 0.4) is 0 Å². The zero-order valence-electron chi connectivity index (χ0n) is 52.8. The fourth-order valence-electron chi connectivity index (χ4n) is 11.8. The first kappa shape index (κ1) is 72.9. The number of hydrogen-bond acceptors (Lipinski definition) is 20. The van der Waals surface area contributed by atoms with E-state index in [2.05, 4.69) is 26.3 Å². The van der Waals surface area contributed by atoms with E-state index in [9.17, 15) is 68.7 Å². The number of aliphatic carboxylic acids is 2. The van der Waals surface area contributed by atoms with Gasteiger partial charge >= 0.3 is 17.9 Å². The summed E-state index contributed by atoms with van der Waals surface area (Å²) in [6, 6.07) is 9.71. The van der Waals surface area contributed by atoms with E-state index in [4.69, 9.17) is 19.9 Å². The number of nitrogens with one attached hydrogen (secondary N) is 4. The highest BCUT2D eigenvalue weighted by molar-refractivity contribution is 8.00. The fourth-order valence-corrected chi connectivity index (χ4v) is 13.2. The van der Waals surface area contributed by atoms with Gasteiger partial charge in [0.1, 0.15) is 53.4 Å². The van der Waals surface area contributed by atoms with Gasteiger partial charge in [0.05, 0.1) is 30.4 Å². The molecule has 500 valence electrons. The number of thioether (sulfide) groups is 1. The minimum absolute atomic E-state index is 0.0350. The quantitative estimate of drug-likeness (QED) is 0.0251. The van der Waals surface area contributed by atoms with Gasteiger partial charge in [-0.2, -0.15) is 11.8 Å². The molecule has 0 spiro atoms. The van der Waals surface area contributed by atoms with Crippen LogP contribution in [0.25, 0.3) is 0 Å². The van der Waals surface area contributed by atoms with E-state index in [1.165, 1.54) is 36.2 Å². The van der Waals surface area contributed by atoms with E-state index in [1.54, 1.807) is 31.2 Å². The Balaban J connectivity index is 1.20. The summed E-state index contributed by atoms with van der Waals surface area (Å²) in [7, 11) is 3.52. The summed E-state index contributed by atoms with van der Waals surface area (Å²) >= 11 is 2.27. The lowest BCUT2D eigenvalue weighted by Gasteiger charge is -2.44. The molecule has 0 bridgehead atoms. The molecule has 3 aromatic rings. The number of piperidine rings is 1. The van der Waals surface area contributed by atoms with Gasteiger partial charge in [0, 0.05) is 75.8 Å². The number of rotatable bonds is 31. The van der Waals surface area contributed by atoms with Crippen LogP contribution in [0.2, 0.25) is 0 Å². The molecule has 3 aliphatic heterocycles. The summed E-state index contributed by atoms with van der Waals surface area (Å²) in [5, 5.41) is 63.8. The molecule has 3 aliphatic rings. The lowest BCUT2D eigenvalue weighted by Crippen LogP contribution is -2.63. The molecule has 15 atom stereocenters. The molecule has 0 radical (unpaired) electrons. The topological polar surface area (TPSA) is 393 Å². The number of carboxylic acids is 2. The van der Waals surface area contributed by atoms with Crippen molar-refractivity contribution in [2.24, 2.45) is 23.5 Å². The first-order chi connectivity index (χ1) is 43.0. The van der Waals surface area contributed by atoms with Crippen LogP contribution >= 0.6 is 23.1 Å². The van der Waals surface area contributed by atoms with Crippen molar-refractivity contribution in [3.63, 3.8) is 0 Å². The molecular weight excluding hydrogens is 1220 g/mol. The average Bonchev–Trinajstić information content (AvgIpc) is 1.27. The highest BCUT2D eigenvalue weighted by Crippen LogP contribution is 2.36. The molecule has 2 aromatic carbocycles. The number of nitrogens with zero attached hydrogens (tertiary/aromatic N) is 4. The monoisotopic (exact) mass is 1310 g/mol. The van der Waals surface area contributed by atoms with Crippen LogP contribution in [0, 0.1) is 17.8 Å². The molecule has 0 saturated carbocycles. The van der Waals surface area contributed by atoms with Crippen molar-refractivity contribution < 1.29 is 92.2 Å². The Kier molecular flexibility index (Phi) is 26.4. The number of quaternary nitrogens is 1. The molecule has 7 amide bonds. The number of aliphatic hydroxyl groups excluding tert-OH is 3. The highest BCUT2D eigenvalue weighted by Gasteiger charge is 2.49. The van der Waals surface area contributed by atoms with Crippen molar-refractivity contribution >= 4 is 88.0 Å². The molecule has 3 fully saturated rings. The Morgan fingerprint density at radius 3 is 2.26 bits per heavy atom. The van der Waals surface area contributed by atoms with Gasteiger partial charge in [-0.05, 0) is 67.5 Å². The molecule has 4 heterocycles. The standard InChI is InChI=1S/C62H87N9O18S2/c1-10-33(4)49(59(82)69(7)41(32(2)3)27-45(87-35(6)72)57-67-40(31-91-57)54(78)65-38(24-34(5)60(83)84)25-36-16-12-11-13-17-36)68-56(80)43-18-14-15-23-71(43,8)30-37-19-20-44(88-62-52(77)50(75)51(76)53(89-62)61(85)86)39(26-37)66-47(73)21-22-64-55(79)42(29-63)70-48(74)28-46(90-9)58(70)81/h11-13,16-17,19-20,26,31-34,38,41-43,45-46,49-53,62,75-77H,10,14-15,18,21-25,27-30,63H2,1-9H3,(H5-,64,65,66,68,73,78,79,80,83,84,85,86)/p+1/t33-,34-,38+,41+,42-,43+,45+,46?,49-,50-,51-,52+,53-,62?,71?/m0/s1. The second kappa shape index (κ2) is 32.9. The number of carbonyl (C=O) groups excluding carboxylic acids is 8. The summed E-state index contributed by atoms with van der Waals surface area (Å²) in [6.45, 7) is 10.4. The summed E-state index contributed by atoms with van der Waals surface area (Å²) in [5.41, 5.74) is 7.31. The van der Waals surface area contributed by atoms with Crippen LogP contribution in [0.1, 0.15) is 126 Å². The van der Waals surface area contributed by atoms with Crippen molar-refractivity contribution in [3.8, 4) is 5.75 Å². The highest BCUT2D eigenvalue weighted by atomic mass is 32.2. The van der Waals surface area contributed by atoms with Crippen molar-refractivity contribution in [2.75, 3.05) is 45.3 Å². The number of likely N-dealkylation sites (N-methyl/N-ethyl adjacent to an activating group) is 2. The third kappa shape index (κ3) is 18.8. The minimum Gasteiger partial charge on any atom is -0.481 e. The van der Waals surface area contributed by atoms with E-state index in [-0.39, 0.29) is 78.8 Å². The van der Waals surface area contributed by atoms with Crippen molar-refractivity contribution in [3.05, 3.63) is 75.7 Å². The zero-order chi connectivity index (χ0) is 67.2. The smallest absolute Gasteiger partial charge is 0.335 e. The number of amides is 7. The Bertz CT molecular complexity index is 3080. The first-order valence-corrected chi connectivity index (χ1v) is 32.7. The number of carbonyl (C=O) groups is 10. The molecule has 3 unspecified atom stereocenters. The Morgan fingerprint density at radius 1 is 0.945 bits per heavy atom. The van der Waals surface area contributed by atoms with Gasteiger partial charge < -0.3 is 76.1 Å². The third-order valence-electron chi connectivity index (χ3n) is 17.2. The lowest BCUT2D eigenvalue weighted by atomic mass is 9.92. The zero-order valence-corrected chi connectivity index (χ0v) is 54.4. The molecular formula is C62H88N9O18S2+. The number of hydrogen-bond donors (Lipinski definition) is 10. The summed E-state index contributed by atoms with van der Waals surface area (Å²) in [4.78, 5) is 140. The number of likely N-dealkylation sites (tertiary alicyclic amines) is 2. The molecule has 11 N–H and O–H groups in total. The van der Waals surface area contributed by atoms with Gasteiger partial charge in [-0.3, -0.25) is 48.1 Å². The normalized spacial score (nSPS) is 24.0. The fraction of sp³-hybridized carbons (Fsp3) is 0.597. The number of aromatic nitrogens is 1. The van der Waals surface area contributed by atoms with E-state index in [0.717, 1.165) is 28.2 Å². The molecule has 1 aromatic heterocycles. The minimum atomic E-state index is -2.03. The van der Waals surface area contributed by atoms with E-state index < -0.39 is 137 Å². The number of thiazole rings is 1. The predicted molar refractivity (Wildman–Crippen MR) is 333 cm³/mol.